The Morgan fingerprint density at radius 1 is 0.955 bits per heavy atom. The van der Waals surface area contributed by atoms with Crippen LogP contribution in [0.15, 0.2) is 66.0 Å². The highest BCUT2D eigenvalue weighted by Crippen LogP contribution is 2.36. The first kappa shape index (κ1) is 29.3. The van der Waals surface area contributed by atoms with Crippen LogP contribution < -0.4 is 11.3 Å². The Balaban J connectivity index is 1.42. The van der Waals surface area contributed by atoms with Crippen LogP contribution in [0, 0.1) is 5.92 Å². The Kier molecular flexibility index (Phi) is 7.39. The number of halogens is 6. The number of ether oxygens (including phenoxy) is 1. The van der Waals surface area contributed by atoms with Gasteiger partial charge in [0.25, 0.3) is 5.56 Å². The average molecular weight is 619 g/mol. The van der Waals surface area contributed by atoms with Crippen molar-refractivity contribution in [2.45, 2.75) is 37.8 Å². The maximum atomic E-state index is 13.2. The fourth-order valence-corrected chi connectivity index (χ4v) is 5.43. The Hall–Kier alpha value is -4.73. The van der Waals surface area contributed by atoms with Gasteiger partial charge in [0, 0.05) is 49.0 Å². The summed E-state index contributed by atoms with van der Waals surface area (Å²) in [4.78, 5) is 20.0. The van der Waals surface area contributed by atoms with Crippen LogP contribution in [0.25, 0.3) is 28.0 Å². The van der Waals surface area contributed by atoms with Crippen LogP contribution in [0.3, 0.4) is 0 Å². The first-order chi connectivity index (χ1) is 20.9. The van der Waals surface area contributed by atoms with Crippen molar-refractivity contribution in [1.82, 2.24) is 33.9 Å². The standard InChI is InChI=1S/C28H24F6N8O2/c29-27(30,31)15-40-13-18(2-4-24(40)43)21-9-19(10-23-38-26(35)39-42(21)23)20-12-37-41(14-20)25(16-5-7-44-8-6-16)17-1-3-22(36-11-17)28(32,33)34/h1-4,9-14,16,25H,5-8,15H2,(H2,35,39). The van der Waals surface area contributed by atoms with Gasteiger partial charge in [0.2, 0.25) is 5.95 Å². The number of nitrogens with zero attached hydrogens (tertiary/aromatic N) is 7. The van der Waals surface area contributed by atoms with Gasteiger partial charge in [0.15, 0.2) is 5.65 Å². The van der Waals surface area contributed by atoms with E-state index < -0.39 is 36.2 Å². The van der Waals surface area contributed by atoms with Gasteiger partial charge in [-0.25, -0.2) is 4.52 Å². The van der Waals surface area contributed by atoms with E-state index in [0.29, 0.717) is 58.7 Å². The number of anilines is 1. The molecule has 0 saturated carbocycles. The minimum Gasteiger partial charge on any atom is -0.381 e. The second-order valence-corrected chi connectivity index (χ2v) is 10.4. The van der Waals surface area contributed by atoms with Crippen LogP contribution in [-0.4, -0.2) is 53.3 Å². The fraction of sp³-hybridized carbons (Fsp3) is 0.321. The van der Waals surface area contributed by atoms with Crippen molar-refractivity contribution in [1.29, 1.82) is 0 Å². The molecule has 1 unspecified atom stereocenters. The molecule has 1 fully saturated rings. The van der Waals surface area contributed by atoms with Gasteiger partial charge in [-0.1, -0.05) is 6.07 Å². The van der Waals surface area contributed by atoms with E-state index in [1.165, 1.54) is 22.8 Å². The molecule has 1 saturated heterocycles. The summed E-state index contributed by atoms with van der Waals surface area (Å²) in [6, 6.07) is 7.64. The van der Waals surface area contributed by atoms with Crippen molar-refractivity contribution in [3.8, 4) is 22.4 Å². The molecule has 6 heterocycles. The van der Waals surface area contributed by atoms with E-state index in [1.54, 1.807) is 29.2 Å². The Labute approximate surface area is 244 Å². The summed E-state index contributed by atoms with van der Waals surface area (Å²) >= 11 is 0. The van der Waals surface area contributed by atoms with E-state index in [4.69, 9.17) is 10.5 Å². The number of alkyl halides is 6. The third-order valence-corrected chi connectivity index (χ3v) is 7.43. The molecule has 1 aliphatic heterocycles. The molecule has 0 aromatic carbocycles. The molecule has 5 aromatic heterocycles. The largest absolute Gasteiger partial charge is 0.433 e. The number of rotatable bonds is 6. The topological polar surface area (TPSA) is 118 Å². The third kappa shape index (κ3) is 6.02. The van der Waals surface area contributed by atoms with Gasteiger partial charge < -0.3 is 15.0 Å². The maximum absolute atomic E-state index is 13.2. The van der Waals surface area contributed by atoms with E-state index in [-0.39, 0.29) is 17.4 Å². The molecule has 0 aliphatic carbocycles. The summed E-state index contributed by atoms with van der Waals surface area (Å²) < 4.78 is 88.0. The summed E-state index contributed by atoms with van der Waals surface area (Å²) in [5.41, 5.74) is 6.60. The molecule has 1 atom stereocenters. The van der Waals surface area contributed by atoms with Crippen molar-refractivity contribution < 1.29 is 31.1 Å². The van der Waals surface area contributed by atoms with E-state index >= 15 is 0 Å². The van der Waals surface area contributed by atoms with Crippen LogP contribution in [0.1, 0.15) is 30.1 Å². The van der Waals surface area contributed by atoms with Gasteiger partial charge in [-0.15, -0.1) is 5.10 Å². The van der Waals surface area contributed by atoms with E-state index in [2.05, 4.69) is 20.2 Å². The lowest BCUT2D eigenvalue weighted by molar-refractivity contribution is -0.142. The molecule has 5 aromatic rings. The predicted molar refractivity (Wildman–Crippen MR) is 145 cm³/mol. The minimum atomic E-state index is -4.62. The highest BCUT2D eigenvalue weighted by molar-refractivity contribution is 5.74. The van der Waals surface area contributed by atoms with Crippen LogP contribution >= 0.6 is 0 Å². The molecule has 230 valence electrons. The van der Waals surface area contributed by atoms with Crippen molar-refractivity contribution in [2.75, 3.05) is 18.9 Å². The smallest absolute Gasteiger partial charge is 0.381 e. The Morgan fingerprint density at radius 2 is 1.73 bits per heavy atom. The van der Waals surface area contributed by atoms with Crippen LogP contribution in [0.4, 0.5) is 32.3 Å². The molecule has 1 aliphatic rings. The number of nitrogens with two attached hydrogens (primary N) is 1. The maximum Gasteiger partial charge on any atom is 0.433 e. The van der Waals surface area contributed by atoms with Gasteiger partial charge >= 0.3 is 12.4 Å². The molecule has 6 rings (SSSR count). The van der Waals surface area contributed by atoms with Crippen LogP contribution in [0.5, 0.6) is 0 Å². The van der Waals surface area contributed by atoms with Gasteiger partial charge in [-0.05, 0) is 54.2 Å². The second kappa shape index (κ2) is 11.1. The summed E-state index contributed by atoms with van der Waals surface area (Å²) in [5.74, 6) is -0.0730. The molecule has 0 bridgehead atoms. The van der Waals surface area contributed by atoms with Gasteiger partial charge in [0.05, 0.1) is 17.9 Å². The van der Waals surface area contributed by atoms with E-state index in [0.717, 1.165) is 18.3 Å². The molecule has 2 N–H and O–H groups in total. The molecule has 44 heavy (non-hydrogen) atoms. The highest BCUT2D eigenvalue weighted by Gasteiger charge is 2.34. The number of fused-ring (bicyclic) bond motifs is 1. The van der Waals surface area contributed by atoms with Crippen molar-refractivity contribution in [3.63, 3.8) is 0 Å². The molecular formula is C28H24F6N8O2. The first-order valence-corrected chi connectivity index (χ1v) is 13.4. The monoisotopic (exact) mass is 618 g/mol. The zero-order valence-electron chi connectivity index (χ0n) is 22.8. The number of hydrogen-bond acceptors (Lipinski definition) is 7. The SMILES string of the molecule is Nc1nc2cc(-c3cnn(C(c4ccc(C(F)(F)F)nc4)C4CCOCC4)c3)cc(-c3ccc(=O)n(CC(F)(F)F)c3)n2n1. The number of hydrogen-bond donors (Lipinski definition) is 1. The molecule has 0 amide bonds. The van der Waals surface area contributed by atoms with Gasteiger partial charge in [-0.2, -0.15) is 36.4 Å². The van der Waals surface area contributed by atoms with Crippen molar-refractivity contribution >= 4 is 11.6 Å². The second-order valence-electron chi connectivity index (χ2n) is 10.4. The zero-order valence-corrected chi connectivity index (χ0v) is 22.8. The first-order valence-electron chi connectivity index (χ1n) is 13.4. The number of pyridine rings is 3. The Morgan fingerprint density at radius 3 is 2.41 bits per heavy atom. The lowest BCUT2D eigenvalue weighted by atomic mass is 9.87. The molecular weight excluding hydrogens is 594 g/mol. The van der Waals surface area contributed by atoms with Crippen molar-refractivity contribution in [2.24, 2.45) is 5.92 Å². The molecule has 0 spiro atoms. The molecule has 0 radical (unpaired) electrons. The predicted octanol–water partition coefficient (Wildman–Crippen LogP) is 5.00. The van der Waals surface area contributed by atoms with Crippen LogP contribution in [-0.2, 0) is 17.5 Å². The summed E-state index contributed by atoms with van der Waals surface area (Å²) in [6.07, 6.45) is -2.27. The molecule has 10 nitrogen and oxygen atoms in total. The third-order valence-electron chi connectivity index (χ3n) is 7.43. The summed E-state index contributed by atoms with van der Waals surface area (Å²) in [7, 11) is 0. The fourth-order valence-electron chi connectivity index (χ4n) is 5.43. The quantitative estimate of drug-likeness (QED) is 0.266. The van der Waals surface area contributed by atoms with E-state index in [1.807, 2.05) is 0 Å². The summed E-state index contributed by atoms with van der Waals surface area (Å²) in [5, 5.41) is 8.72. The lowest BCUT2D eigenvalue weighted by Crippen LogP contribution is -2.27. The molecule has 16 heteroatoms. The van der Waals surface area contributed by atoms with Gasteiger partial charge in [-0.3, -0.25) is 14.5 Å². The summed E-state index contributed by atoms with van der Waals surface area (Å²) in [6.45, 7) is -0.483. The van der Waals surface area contributed by atoms with Gasteiger partial charge in [0.1, 0.15) is 12.2 Å². The van der Waals surface area contributed by atoms with Crippen LogP contribution in [0.2, 0.25) is 0 Å². The lowest BCUT2D eigenvalue weighted by Gasteiger charge is -2.30. The zero-order chi connectivity index (χ0) is 31.2. The Bertz CT molecular complexity index is 1850. The average Bonchev–Trinajstić information content (AvgIpc) is 3.60. The normalized spacial score (nSPS) is 15.6. The van der Waals surface area contributed by atoms with E-state index in [9.17, 15) is 31.1 Å². The highest BCUT2D eigenvalue weighted by atomic mass is 19.4. The number of aromatic nitrogens is 7. The minimum absolute atomic E-state index is 0.000874. The van der Waals surface area contributed by atoms with Crippen molar-refractivity contribution in [3.05, 3.63) is 82.8 Å². The number of nitrogen functional groups attached to an aromatic ring is 1.